The average molecular weight is 262 g/mol. The first-order chi connectivity index (χ1) is 8.99. The minimum absolute atomic E-state index is 0.0175. The van der Waals surface area contributed by atoms with Crippen molar-refractivity contribution in [3.63, 3.8) is 0 Å². The van der Waals surface area contributed by atoms with Crippen molar-refractivity contribution in [3.8, 4) is 5.75 Å². The number of amides is 2. The monoisotopic (exact) mass is 262 g/mol. The van der Waals surface area contributed by atoms with Gasteiger partial charge in [0.1, 0.15) is 5.75 Å². The van der Waals surface area contributed by atoms with Gasteiger partial charge in [-0.25, -0.2) is 0 Å². The van der Waals surface area contributed by atoms with E-state index in [2.05, 4.69) is 5.32 Å². The molecule has 1 fully saturated rings. The van der Waals surface area contributed by atoms with Gasteiger partial charge in [-0.3, -0.25) is 19.8 Å². The number of nitrogens with zero attached hydrogens (tertiary/aromatic N) is 1. The third-order valence-electron chi connectivity index (χ3n) is 3.49. The third kappa shape index (κ3) is 2.93. The van der Waals surface area contributed by atoms with Gasteiger partial charge in [-0.2, -0.15) is 0 Å². The lowest BCUT2D eigenvalue weighted by molar-refractivity contribution is -0.148. The summed E-state index contributed by atoms with van der Waals surface area (Å²) in [5, 5.41) is 12.5. The second-order valence-electron chi connectivity index (χ2n) is 4.86. The number of likely N-dealkylation sites (tertiary alicyclic amines) is 1. The summed E-state index contributed by atoms with van der Waals surface area (Å²) in [6.45, 7) is 1.95. The Hall–Kier alpha value is -1.88. The van der Waals surface area contributed by atoms with Crippen LogP contribution >= 0.6 is 0 Å². The van der Waals surface area contributed by atoms with E-state index in [0.717, 1.165) is 5.56 Å². The molecular formula is C14H18N2O3. The number of imide groups is 1. The Balaban J connectivity index is 2.02. The summed E-state index contributed by atoms with van der Waals surface area (Å²) in [4.78, 5) is 24.5. The number of carbonyl (C=O) groups is 2. The Labute approximate surface area is 112 Å². The molecule has 102 valence electrons. The molecule has 2 amide bonds. The van der Waals surface area contributed by atoms with Gasteiger partial charge in [0.05, 0.1) is 6.04 Å². The molecule has 0 aromatic heterocycles. The molecule has 2 N–H and O–H groups in total. The molecule has 1 aromatic rings. The molecule has 0 spiro atoms. The zero-order chi connectivity index (χ0) is 14.0. The van der Waals surface area contributed by atoms with Gasteiger partial charge in [0.2, 0.25) is 11.8 Å². The van der Waals surface area contributed by atoms with Gasteiger partial charge in [-0.1, -0.05) is 12.1 Å². The van der Waals surface area contributed by atoms with Crippen molar-refractivity contribution < 1.29 is 14.7 Å². The standard InChI is InChI=1S/C14H18N2O3/c1-9(10-3-5-11(17)6-4-10)15-12-7-8-13(18)16(2)14(12)19/h3-6,9,12,15,17H,7-8H2,1-2H3. The van der Waals surface area contributed by atoms with Crippen LogP contribution in [0.25, 0.3) is 0 Å². The first kappa shape index (κ1) is 13.5. The van der Waals surface area contributed by atoms with E-state index in [9.17, 15) is 14.7 Å². The molecule has 0 radical (unpaired) electrons. The van der Waals surface area contributed by atoms with Gasteiger partial charge in [-0.05, 0) is 31.0 Å². The molecule has 5 nitrogen and oxygen atoms in total. The fourth-order valence-corrected chi connectivity index (χ4v) is 2.23. The number of benzene rings is 1. The fourth-order valence-electron chi connectivity index (χ4n) is 2.23. The van der Waals surface area contributed by atoms with Crippen molar-refractivity contribution in [2.45, 2.75) is 31.8 Å². The molecule has 1 aliphatic heterocycles. The van der Waals surface area contributed by atoms with Crippen molar-refractivity contribution in [3.05, 3.63) is 29.8 Å². The average Bonchev–Trinajstić information content (AvgIpc) is 2.40. The van der Waals surface area contributed by atoms with E-state index in [4.69, 9.17) is 0 Å². The topological polar surface area (TPSA) is 69.6 Å². The van der Waals surface area contributed by atoms with Crippen LogP contribution in [0.4, 0.5) is 0 Å². The van der Waals surface area contributed by atoms with E-state index in [1.165, 1.54) is 11.9 Å². The van der Waals surface area contributed by atoms with Gasteiger partial charge >= 0.3 is 0 Å². The number of phenolic OH excluding ortho intramolecular Hbond substituents is 1. The number of rotatable bonds is 3. The van der Waals surface area contributed by atoms with Gasteiger partial charge < -0.3 is 5.11 Å². The van der Waals surface area contributed by atoms with Crippen LogP contribution in [-0.4, -0.2) is 34.9 Å². The van der Waals surface area contributed by atoms with E-state index in [0.29, 0.717) is 12.8 Å². The number of aromatic hydroxyl groups is 1. The molecule has 2 atom stereocenters. The van der Waals surface area contributed by atoms with Crippen molar-refractivity contribution in [2.75, 3.05) is 7.05 Å². The Bertz CT molecular complexity index is 484. The van der Waals surface area contributed by atoms with Gasteiger partial charge in [0.15, 0.2) is 0 Å². The van der Waals surface area contributed by atoms with Crippen LogP contribution in [0.15, 0.2) is 24.3 Å². The summed E-state index contributed by atoms with van der Waals surface area (Å²) in [7, 11) is 1.52. The zero-order valence-corrected chi connectivity index (χ0v) is 11.1. The summed E-state index contributed by atoms with van der Waals surface area (Å²) < 4.78 is 0. The van der Waals surface area contributed by atoms with Crippen molar-refractivity contribution in [2.24, 2.45) is 0 Å². The van der Waals surface area contributed by atoms with Crippen molar-refractivity contribution in [1.82, 2.24) is 10.2 Å². The fraction of sp³-hybridized carbons (Fsp3) is 0.429. The summed E-state index contributed by atoms with van der Waals surface area (Å²) >= 11 is 0. The lowest BCUT2D eigenvalue weighted by Gasteiger charge is -2.30. The number of likely N-dealkylation sites (N-methyl/N-ethyl adjacent to an activating group) is 1. The summed E-state index contributed by atoms with van der Waals surface area (Å²) in [5.74, 6) is -0.0859. The maximum absolute atomic E-state index is 12.0. The number of nitrogens with one attached hydrogen (secondary N) is 1. The quantitative estimate of drug-likeness (QED) is 0.803. The maximum atomic E-state index is 12.0. The SMILES string of the molecule is CC(NC1CCC(=O)N(C)C1=O)c1ccc(O)cc1. The summed E-state index contributed by atoms with van der Waals surface area (Å²) in [5.41, 5.74) is 0.991. The van der Waals surface area contributed by atoms with Crippen molar-refractivity contribution in [1.29, 1.82) is 0 Å². The molecule has 19 heavy (non-hydrogen) atoms. The lowest BCUT2D eigenvalue weighted by Crippen LogP contribution is -2.51. The Kier molecular flexibility index (Phi) is 3.85. The van der Waals surface area contributed by atoms with E-state index in [1.807, 2.05) is 19.1 Å². The Morgan fingerprint density at radius 3 is 2.58 bits per heavy atom. The van der Waals surface area contributed by atoms with Gasteiger partial charge in [0.25, 0.3) is 0 Å². The molecule has 0 aliphatic carbocycles. The molecule has 1 saturated heterocycles. The Morgan fingerprint density at radius 2 is 1.95 bits per heavy atom. The highest BCUT2D eigenvalue weighted by molar-refractivity contribution is 6.00. The predicted molar refractivity (Wildman–Crippen MR) is 70.5 cm³/mol. The lowest BCUT2D eigenvalue weighted by atomic mass is 10.0. The smallest absolute Gasteiger partial charge is 0.246 e. The minimum Gasteiger partial charge on any atom is -0.508 e. The van der Waals surface area contributed by atoms with Crippen LogP contribution in [0.2, 0.25) is 0 Å². The van der Waals surface area contributed by atoms with Crippen LogP contribution < -0.4 is 5.32 Å². The molecule has 2 unspecified atom stereocenters. The van der Waals surface area contributed by atoms with Crippen LogP contribution in [0.1, 0.15) is 31.4 Å². The summed E-state index contributed by atoms with van der Waals surface area (Å²) in [6, 6.07) is 6.52. The highest BCUT2D eigenvalue weighted by atomic mass is 16.3. The predicted octanol–water partition coefficient (Wildman–Crippen LogP) is 1.19. The van der Waals surface area contributed by atoms with Crippen LogP contribution in [0.5, 0.6) is 5.75 Å². The van der Waals surface area contributed by atoms with Gasteiger partial charge in [-0.15, -0.1) is 0 Å². The highest BCUT2D eigenvalue weighted by Gasteiger charge is 2.32. The molecular weight excluding hydrogens is 244 g/mol. The zero-order valence-electron chi connectivity index (χ0n) is 11.1. The molecule has 1 heterocycles. The van der Waals surface area contributed by atoms with Gasteiger partial charge in [0, 0.05) is 19.5 Å². The molecule has 1 aromatic carbocycles. The number of carbonyl (C=O) groups excluding carboxylic acids is 2. The molecule has 1 aliphatic rings. The largest absolute Gasteiger partial charge is 0.508 e. The van der Waals surface area contributed by atoms with Crippen LogP contribution in [0, 0.1) is 0 Å². The van der Waals surface area contributed by atoms with E-state index in [-0.39, 0.29) is 29.6 Å². The number of hydrogen-bond donors (Lipinski definition) is 2. The Morgan fingerprint density at radius 1 is 1.32 bits per heavy atom. The third-order valence-corrected chi connectivity index (χ3v) is 3.49. The summed E-state index contributed by atoms with van der Waals surface area (Å²) in [6.07, 6.45) is 0.923. The first-order valence-electron chi connectivity index (χ1n) is 6.34. The minimum atomic E-state index is -0.327. The molecule has 0 saturated carbocycles. The van der Waals surface area contributed by atoms with Crippen molar-refractivity contribution >= 4 is 11.8 Å². The van der Waals surface area contributed by atoms with Crippen LogP contribution in [-0.2, 0) is 9.59 Å². The number of phenols is 1. The first-order valence-corrected chi connectivity index (χ1v) is 6.34. The molecule has 5 heteroatoms. The number of hydrogen-bond acceptors (Lipinski definition) is 4. The maximum Gasteiger partial charge on any atom is 0.246 e. The number of piperidine rings is 1. The normalized spacial score (nSPS) is 21.6. The highest BCUT2D eigenvalue weighted by Crippen LogP contribution is 2.19. The van der Waals surface area contributed by atoms with E-state index >= 15 is 0 Å². The molecule has 2 rings (SSSR count). The van der Waals surface area contributed by atoms with E-state index < -0.39 is 0 Å². The molecule has 0 bridgehead atoms. The second-order valence-corrected chi connectivity index (χ2v) is 4.86. The van der Waals surface area contributed by atoms with Crippen LogP contribution in [0.3, 0.4) is 0 Å². The second kappa shape index (κ2) is 5.40. The van der Waals surface area contributed by atoms with E-state index in [1.54, 1.807) is 12.1 Å².